The molecule has 2 heterocycles. The van der Waals surface area contributed by atoms with Crippen LogP contribution in [-0.2, 0) is 4.79 Å². The van der Waals surface area contributed by atoms with Gasteiger partial charge >= 0.3 is 0 Å². The summed E-state index contributed by atoms with van der Waals surface area (Å²) >= 11 is 4.11. The van der Waals surface area contributed by atoms with Crippen LogP contribution in [0.4, 0.5) is 16.0 Å². The van der Waals surface area contributed by atoms with Crippen LogP contribution in [0, 0.1) is 0 Å². The molecule has 2 N–H and O–H groups in total. The minimum atomic E-state index is -0.122. The van der Waals surface area contributed by atoms with Gasteiger partial charge in [-0.25, -0.2) is 4.98 Å². The second-order valence-corrected chi connectivity index (χ2v) is 8.71. The third kappa shape index (κ3) is 5.76. The molecular formula is C19H15N5O2S3. The van der Waals surface area contributed by atoms with Crippen LogP contribution in [0.15, 0.2) is 70.5 Å². The predicted molar refractivity (Wildman–Crippen MR) is 118 cm³/mol. The lowest BCUT2D eigenvalue weighted by molar-refractivity contribution is -0.113. The Bertz CT molecular complexity index is 1050. The molecule has 29 heavy (non-hydrogen) atoms. The molecule has 4 rings (SSSR count). The van der Waals surface area contributed by atoms with Gasteiger partial charge in [-0.05, 0) is 36.4 Å². The predicted octanol–water partition coefficient (Wildman–Crippen LogP) is 5.26. The fourth-order valence-corrected chi connectivity index (χ4v) is 4.36. The molecule has 0 aliphatic carbocycles. The van der Waals surface area contributed by atoms with Crippen molar-refractivity contribution in [3.05, 3.63) is 66.2 Å². The van der Waals surface area contributed by atoms with Crippen molar-refractivity contribution in [1.82, 2.24) is 15.2 Å². The lowest BCUT2D eigenvalue weighted by atomic mass is 10.3. The highest BCUT2D eigenvalue weighted by Crippen LogP contribution is 2.29. The second kappa shape index (κ2) is 9.50. The first kappa shape index (κ1) is 19.4. The Morgan fingerprint density at radius 3 is 2.55 bits per heavy atom. The van der Waals surface area contributed by atoms with E-state index >= 15 is 0 Å². The Kier molecular flexibility index (Phi) is 6.35. The molecule has 2 aromatic carbocycles. The largest absolute Gasteiger partial charge is 0.457 e. The average Bonchev–Trinajstić information content (AvgIpc) is 3.41. The van der Waals surface area contributed by atoms with Crippen LogP contribution >= 0.6 is 34.4 Å². The van der Waals surface area contributed by atoms with Gasteiger partial charge in [0, 0.05) is 17.3 Å². The van der Waals surface area contributed by atoms with Crippen molar-refractivity contribution in [2.45, 2.75) is 4.34 Å². The Morgan fingerprint density at radius 1 is 1.00 bits per heavy atom. The van der Waals surface area contributed by atoms with E-state index in [1.807, 2.05) is 60.0 Å². The number of carbonyl (C=O) groups is 1. The summed E-state index contributed by atoms with van der Waals surface area (Å²) in [6, 6.07) is 17.2. The number of amides is 1. The Labute approximate surface area is 179 Å². The van der Waals surface area contributed by atoms with E-state index in [2.05, 4.69) is 25.8 Å². The molecular weight excluding hydrogens is 426 g/mol. The molecule has 0 spiro atoms. The molecule has 0 unspecified atom stereocenters. The van der Waals surface area contributed by atoms with Gasteiger partial charge in [-0.1, -0.05) is 41.3 Å². The highest BCUT2D eigenvalue weighted by molar-refractivity contribution is 8.01. The van der Waals surface area contributed by atoms with Gasteiger partial charge in [-0.3, -0.25) is 4.79 Å². The van der Waals surface area contributed by atoms with Gasteiger partial charge in [-0.15, -0.1) is 21.5 Å². The number of thioether (sulfide) groups is 1. The van der Waals surface area contributed by atoms with Gasteiger partial charge in [0.15, 0.2) is 9.47 Å². The number of nitrogens with zero attached hydrogens (tertiary/aromatic N) is 3. The molecule has 7 nitrogen and oxygen atoms in total. The molecule has 0 atom stereocenters. The third-order valence-electron chi connectivity index (χ3n) is 3.50. The summed E-state index contributed by atoms with van der Waals surface area (Å²) in [5.41, 5.74) is 0.875. The van der Waals surface area contributed by atoms with Gasteiger partial charge in [-0.2, -0.15) is 0 Å². The first-order valence-corrected chi connectivity index (χ1v) is 11.2. The van der Waals surface area contributed by atoms with E-state index in [1.54, 1.807) is 6.20 Å². The van der Waals surface area contributed by atoms with Gasteiger partial charge in [0.05, 0.1) is 5.75 Å². The fraction of sp³-hybridized carbons (Fsp3) is 0.0526. The van der Waals surface area contributed by atoms with E-state index in [0.717, 1.165) is 17.2 Å². The lowest BCUT2D eigenvalue weighted by Crippen LogP contribution is -2.13. The summed E-state index contributed by atoms with van der Waals surface area (Å²) in [5, 5.41) is 17.2. The monoisotopic (exact) mass is 441 g/mol. The van der Waals surface area contributed by atoms with Crippen molar-refractivity contribution in [2.24, 2.45) is 0 Å². The topological polar surface area (TPSA) is 89.0 Å². The first-order chi connectivity index (χ1) is 14.2. The Hall–Kier alpha value is -2.95. The maximum absolute atomic E-state index is 11.9. The quantitative estimate of drug-likeness (QED) is 0.360. The van der Waals surface area contributed by atoms with E-state index in [4.69, 9.17) is 4.74 Å². The molecule has 4 aromatic rings. The van der Waals surface area contributed by atoms with Crippen molar-refractivity contribution < 1.29 is 9.53 Å². The van der Waals surface area contributed by atoms with Crippen LogP contribution < -0.4 is 15.4 Å². The van der Waals surface area contributed by atoms with Crippen LogP contribution in [-0.4, -0.2) is 26.8 Å². The third-order valence-corrected chi connectivity index (χ3v) is 6.16. The summed E-state index contributed by atoms with van der Waals surface area (Å²) in [6.45, 7) is 0. The van der Waals surface area contributed by atoms with Crippen molar-refractivity contribution >= 4 is 56.3 Å². The number of hydrogen-bond acceptors (Lipinski definition) is 9. The standard InChI is InChI=1S/C19H15N5O2S3/c25-16(22-17-20-10-11-27-17)12-28-19-24-23-18(29-19)21-13-6-8-15(9-7-13)26-14-4-2-1-3-5-14/h1-11H,12H2,(H,21,23)(H,20,22,25). The summed E-state index contributed by atoms with van der Waals surface area (Å²) in [7, 11) is 0. The van der Waals surface area contributed by atoms with E-state index in [1.165, 1.54) is 34.4 Å². The second-order valence-electron chi connectivity index (χ2n) is 5.61. The van der Waals surface area contributed by atoms with E-state index < -0.39 is 0 Å². The van der Waals surface area contributed by atoms with Crippen LogP contribution in [0.2, 0.25) is 0 Å². The molecule has 1 amide bonds. The summed E-state index contributed by atoms with van der Waals surface area (Å²) in [4.78, 5) is 15.9. The van der Waals surface area contributed by atoms with Gasteiger partial charge in [0.1, 0.15) is 11.5 Å². The highest BCUT2D eigenvalue weighted by Gasteiger charge is 2.10. The van der Waals surface area contributed by atoms with Crippen LogP contribution in [0.25, 0.3) is 0 Å². The number of carbonyl (C=O) groups excluding carboxylic acids is 1. The van der Waals surface area contributed by atoms with E-state index in [0.29, 0.717) is 14.6 Å². The smallest absolute Gasteiger partial charge is 0.236 e. The maximum Gasteiger partial charge on any atom is 0.236 e. The number of nitrogens with one attached hydrogen (secondary N) is 2. The number of hydrogen-bond donors (Lipinski definition) is 2. The van der Waals surface area contributed by atoms with E-state index in [-0.39, 0.29) is 11.7 Å². The molecule has 146 valence electrons. The summed E-state index contributed by atoms with van der Waals surface area (Å²) in [6.07, 6.45) is 1.65. The summed E-state index contributed by atoms with van der Waals surface area (Å²) in [5.74, 6) is 1.67. The molecule has 0 radical (unpaired) electrons. The van der Waals surface area contributed by atoms with Gasteiger partial charge in [0.2, 0.25) is 11.0 Å². The van der Waals surface area contributed by atoms with Gasteiger partial charge in [0.25, 0.3) is 0 Å². The van der Waals surface area contributed by atoms with Crippen molar-refractivity contribution in [1.29, 1.82) is 0 Å². The zero-order valence-corrected chi connectivity index (χ0v) is 17.4. The normalized spacial score (nSPS) is 10.5. The first-order valence-electron chi connectivity index (χ1n) is 8.50. The molecule has 10 heteroatoms. The zero-order chi connectivity index (χ0) is 19.9. The maximum atomic E-state index is 11.9. The number of anilines is 3. The number of thiazole rings is 1. The van der Waals surface area contributed by atoms with Crippen molar-refractivity contribution in [3.63, 3.8) is 0 Å². The van der Waals surface area contributed by atoms with Crippen LogP contribution in [0.5, 0.6) is 11.5 Å². The Morgan fingerprint density at radius 2 is 1.79 bits per heavy atom. The number of para-hydroxylation sites is 1. The summed E-state index contributed by atoms with van der Waals surface area (Å²) < 4.78 is 6.50. The SMILES string of the molecule is O=C(CSc1nnc(Nc2ccc(Oc3ccccc3)cc2)s1)Nc1nccs1. The highest BCUT2D eigenvalue weighted by atomic mass is 32.2. The molecule has 0 saturated carbocycles. The molecule has 0 fully saturated rings. The number of ether oxygens (including phenoxy) is 1. The van der Waals surface area contributed by atoms with Crippen molar-refractivity contribution in [3.8, 4) is 11.5 Å². The molecule has 0 aliphatic heterocycles. The van der Waals surface area contributed by atoms with Crippen LogP contribution in [0.3, 0.4) is 0 Å². The molecule has 0 bridgehead atoms. The average molecular weight is 442 g/mol. The number of rotatable bonds is 8. The lowest BCUT2D eigenvalue weighted by Gasteiger charge is -2.06. The Balaban J connectivity index is 1.28. The molecule has 0 saturated heterocycles. The van der Waals surface area contributed by atoms with Gasteiger partial charge < -0.3 is 15.4 Å². The minimum Gasteiger partial charge on any atom is -0.457 e. The minimum absolute atomic E-state index is 0.122. The van der Waals surface area contributed by atoms with E-state index in [9.17, 15) is 4.79 Å². The molecule has 2 aromatic heterocycles. The van der Waals surface area contributed by atoms with Crippen molar-refractivity contribution in [2.75, 3.05) is 16.4 Å². The number of aromatic nitrogens is 3. The molecule has 0 aliphatic rings. The number of benzene rings is 2. The zero-order valence-electron chi connectivity index (χ0n) is 14.9. The fourth-order valence-electron chi connectivity index (χ4n) is 2.24. The van der Waals surface area contributed by atoms with Crippen LogP contribution in [0.1, 0.15) is 0 Å².